The number of guanidine groups is 1. The van der Waals surface area contributed by atoms with Crippen LogP contribution in [0.2, 0.25) is 0 Å². The van der Waals surface area contributed by atoms with Gasteiger partial charge in [-0.1, -0.05) is 78.4 Å². The van der Waals surface area contributed by atoms with E-state index in [2.05, 4.69) is 10.3 Å². The number of aryl methyl sites for hydroxylation is 3. The van der Waals surface area contributed by atoms with Gasteiger partial charge in [-0.25, -0.2) is 22.3 Å². The van der Waals surface area contributed by atoms with Crippen molar-refractivity contribution < 1.29 is 46.6 Å². The molecule has 0 radical (unpaired) electrons. The number of nitrogens with two attached hydrogens (primary N) is 3. The van der Waals surface area contributed by atoms with Crippen LogP contribution in [-0.4, -0.2) is 96.3 Å². The van der Waals surface area contributed by atoms with Gasteiger partial charge in [-0.05, 0) is 102 Å². The number of esters is 2. The summed E-state index contributed by atoms with van der Waals surface area (Å²) in [5.41, 5.74) is 19.2. The van der Waals surface area contributed by atoms with Crippen molar-refractivity contribution in [1.29, 1.82) is 0 Å². The fourth-order valence-electron chi connectivity index (χ4n) is 7.40. The first-order valence-corrected chi connectivity index (χ1v) is 22.3. The minimum absolute atomic E-state index is 0.00298. The van der Waals surface area contributed by atoms with E-state index in [9.17, 15) is 19.2 Å². The van der Waals surface area contributed by atoms with Gasteiger partial charge in [0.2, 0.25) is 5.91 Å². The Bertz CT molecular complexity index is 2190. The molecule has 0 aromatic heterocycles. The van der Waals surface area contributed by atoms with E-state index in [0.717, 1.165) is 11.1 Å². The van der Waals surface area contributed by atoms with Gasteiger partial charge in [0.05, 0.1) is 4.90 Å². The number of nitrogens with one attached hydrogen (secondary N) is 1. The second-order valence-electron chi connectivity index (χ2n) is 16.6. The Labute approximate surface area is 369 Å². The number of aliphatic imine (C=N–C) groups is 1. The molecule has 1 aliphatic rings. The number of carbonyl (C=O) groups is 5. The van der Waals surface area contributed by atoms with Gasteiger partial charge in [-0.15, -0.1) is 0 Å². The van der Waals surface area contributed by atoms with Crippen molar-refractivity contribution in [3.8, 4) is 0 Å². The van der Waals surface area contributed by atoms with Crippen LogP contribution in [0.5, 0.6) is 0 Å². The van der Waals surface area contributed by atoms with Crippen molar-refractivity contribution in [2.75, 3.05) is 13.1 Å². The summed E-state index contributed by atoms with van der Waals surface area (Å²) in [6, 6.07) is 15.3. The van der Waals surface area contributed by atoms with Gasteiger partial charge in [0.1, 0.15) is 43.0 Å². The third kappa shape index (κ3) is 14.3. The zero-order valence-corrected chi connectivity index (χ0v) is 37.7. The molecule has 0 bridgehead atoms. The first-order chi connectivity index (χ1) is 29.7. The van der Waals surface area contributed by atoms with Gasteiger partial charge in [-0.3, -0.25) is 19.4 Å². The number of hydrogen-bond acceptors (Lipinski definition) is 12. The number of alkyl carbamates (subject to hydrolysis) is 1. The third-order valence-corrected chi connectivity index (χ3v) is 12.3. The fraction of sp³-hybridized carbons (Fsp3) is 0.467. The molecule has 0 spiro atoms. The van der Waals surface area contributed by atoms with E-state index in [1.807, 2.05) is 6.07 Å². The van der Waals surface area contributed by atoms with Crippen molar-refractivity contribution in [1.82, 2.24) is 14.5 Å². The maximum Gasteiger partial charge on any atom is 0.408 e. The van der Waals surface area contributed by atoms with Gasteiger partial charge in [0.15, 0.2) is 5.96 Å². The van der Waals surface area contributed by atoms with Gasteiger partial charge < -0.3 is 41.6 Å². The summed E-state index contributed by atoms with van der Waals surface area (Å²) < 4.78 is 47.3. The predicted molar refractivity (Wildman–Crippen MR) is 236 cm³/mol. The molecule has 1 aliphatic heterocycles. The zero-order valence-electron chi connectivity index (χ0n) is 36.9. The molecule has 1 fully saturated rings. The number of sulfonamides is 1. The van der Waals surface area contributed by atoms with E-state index in [4.69, 9.17) is 31.4 Å². The molecule has 63 heavy (non-hydrogen) atoms. The van der Waals surface area contributed by atoms with Gasteiger partial charge >= 0.3 is 18.0 Å². The van der Waals surface area contributed by atoms with Crippen LogP contribution >= 0.6 is 0 Å². The van der Waals surface area contributed by atoms with E-state index < -0.39 is 69.6 Å². The van der Waals surface area contributed by atoms with Crippen LogP contribution in [0.15, 0.2) is 82.7 Å². The van der Waals surface area contributed by atoms with Crippen molar-refractivity contribution in [2.45, 2.75) is 128 Å². The van der Waals surface area contributed by atoms with Crippen LogP contribution in [-0.2, 0) is 56.6 Å². The molecular formula is C45H61N7O10S. The van der Waals surface area contributed by atoms with E-state index in [0.29, 0.717) is 21.0 Å². The molecule has 1 saturated heterocycles. The van der Waals surface area contributed by atoms with Crippen LogP contribution in [0.25, 0.3) is 0 Å². The van der Waals surface area contributed by atoms with Crippen LogP contribution in [0.4, 0.5) is 4.79 Å². The molecule has 3 aromatic carbocycles. The molecular weight excluding hydrogens is 831 g/mol. The first-order valence-electron chi connectivity index (χ1n) is 20.9. The number of hydrogen-bond donors (Lipinski definition) is 4. The summed E-state index contributed by atoms with van der Waals surface area (Å²) in [5, 5.41) is 2.57. The van der Waals surface area contributed by atoms with E-state index in [1.54, 1.807) is 108 Å². The number of ether oxygens (including phenoxy) is 3. The van der Waals surface area contributed by atoms with Crippen molar-refractivity contribution in [2.24, 2.45) is 22.2 Å². The van der Waals surface area contributed by atoms with Gasteiger partial charge in [0.25, 0.3) is 15.9 Å². The molecule has 4 atom stereocenters. The highest BCUT2D eigenvalue weighted by Crippen LogP contribution is 2.32. The van der Waals surface area contributed by atoms with E-state index in [1.165, 1.54) is 4.90 Å². The number of likely N-dealkylation sites (tertiary alicyclic amines) is 1. The smallest absolute Gasteiger partial charge is 0.408 e. The molecule has 18 heteroatoms. The average molecular weight is 892 g/mol. The number of carbonyl (C=O) groups excluding carboxylic acids is 5. The predicted octanol–water partition coefficient (Wildman–Crippen LogP) is 4.03. The number of rotatable bonds is 19. The number of benzene rings is 3. The summed E-state index contributed by atoms with van der Waals surface area (Å²) in [7, 11) is -4.86. The standard InChI is InChI=1S/C45H61N7O10S/c1-29-25-30(2)38(31(3)26-29)63(58,59)52(37(19-13-23-49-43(47)48)42(56)61-28-33-17-11-8-12-18-33)40(54)36-20-14-24-51(36)39(53)35(50-44(57)62-45(4,5)6)22-21-34(46)41(55)60-27-32-15-9-7-10-16-32/h7-12,15-18,25-26,34-37H,13-14,19-24,27-28,46H2,1-6H3,(H,50,57)(H4,47,48,49)/t34?,35-,36-,37-/m0/s1. The third-order valence-electron chi connectivity index (χ3n) is 10.2. The summed E-state index contributed by atoms with van der Waals surface area (Å²) in [5.74, 6) is -3.76. The monoisotopic (exact) mass is 891 g/mol. The number of amides is 3. The topological polar surface area (TPSA) is 256 Å². The Kier molecular flexibility index (Phi) is 17.6. The van der Waals surface area contributed by atoms with Gasteiger partial charge in [0, 0.05) is 13.1 Å². The lowest BCUT2D eigenvalue weighted by molar-refractivity contribution is -0.155. The number of nitrogens with zero attached hydrogens (tertiary/aromatic N) is 3. The highest BCUT2D eigenvalue weighted by Gasteiger charge is 2.48. The summed E-state index contributed by atoms with van der Waals surface area (Å²) in [6.07, 6.45) is -1.12. The summed E-state index contributed by atoms with van der Waals surface area (Å²) in [6.45, 7) is 9.67. The lowest BCUT2D eigenvalue weighted by Gasteiger charge is -2.35. The molecule has 17 nitrogen and oxygen atoms in total. The molecule has 0 aliphatic carbocycles. The van der Waals surface area contributed by atoms with E-state index >= 15 is 13.2 Å². The largest absolute Gasteiger partial charge is 0.460 e. The molecule has 342 valence electrons. The lowest BCUT2D eigenvalue weighted by atomic mass is 10.0. The van der Waals surface area contributed by atoms with E-state index in [-0.39, 0.29) is 75.7 Å². The van der Waals surface area contributed by atoms with Crippen LogP contribution in [0, 0.1) is 20.8 Å². The summed E-state index contributed by atoms with van der Waals surface area (Å²) >= 11 is 0. The van der Waals surface area contributed by atoms with Crippen molar-refractivity contribution >= 4 is 45.8 Å². The molecule has 0 saturated carbocycles. The maximum atomic E-state index is 15.2. The van der Waals surface area contributed by atoms with Gasteiger partial charge in [-0.2, -0.15) is 0 Å². The molecule has 3 aromatic rings. The first kappa shape index (κ1) is 49.6. The Balaban J connectivity index is 1.73. The molecule has 4 rings (SSSR count). The summed E-state index contributed by atoms with van der Waals surface area (Å²) in [4.78, 5) is 75.1. The second kappa shape index (κ2) is 22.4. The van der Waals surface area contributed by atoms with Crippen molar-refractivity contribution in [3.63, 3.8) is 0 Å². The zero-order chi connectivity index (χ0) is 46.5. The second-order valence-corrected chi connectivity index (χ2v) is 18.3. The molecule has 7 N–H and O–H groups in total. The fourth-order valence-corrected chi connectivity index (χ4v) is 9.41. The van der Waals surface area contributed by atoms with Crippen molar-refractivity contribution in [3.05, 3.63) is 101 Å². The minimum Gasteiger partial charge on any atom is -0.460 e. The lowest BCUT2D eigenvalue weighted by Crippen LogP contribution is -2.58. The normalized spacial score (nSPS) is 15.3. The minimum atomic E-state index is -4.86. The Hall–Kier alpha value is -6.01. The van der Waals surface area contributed by atoms with Crippen LogP contribution in [0.1, 0.15) is 87.1 Å². The molecule has 3 amide bonds. The maximum absolute atomic E-state index is 15.2. The SMILES string of the molecule is Cc1cc(C)c(S(=O)(=O)N(C(=O)[C@@H]2CCCN2C(=O)[C@H](CCC(N)C(=O)OCc2ccccc2)NC(=O)OC(C)(C)C)[C@@H](CCCN=C(N)N)C(=O)OCc2ccccc2)c(C)c1. The van der Waals surface area contributed by atoms with Crippen LogP contribution in [0.3, 0.4) is 0 Å². The molecule has 1 unspecified atom stereocenters. The Morgan fingerprint density at radius 2 is 1.41 bits per heavy atom. The Morgan fingerprint density at radius 3 is 1.95 bits per heavy atom. The molecule has 1 heterocycles. The highest BCUT2D eigenvalue weighted by atomic mass is 32.2. The highest BCUT2D eigenvalue weighted by molar-refractivity contribution is 7.89. The Morgan fingerprint density at radius 1 is 0.857 bits per heavy atom. The average Bonchev–Trinajstić information content (AvgIpc) is 3.71. The quantitative estimate of drug-likeness (QED) is 0.0437. The van der Waals surface area contributed by atoms with Crippen LogP contribution < -0.4 is 22.5 Å².